The van der Waals surface area contributed by atoms with Crippen molar-refractivity contribution in [2.24, 2.45) is 11.8 Å². The zero-order valence-electron chi connectivity index (χ0n) is 18.8. The van der Waals surface area contributed by atoms with Crippen molar-refractivity contribution in [2.45, 2.75) is 19.8 Å². The summed E-state index contributed by atoms with van der Waals surface area (Å²) in [5.74, 6) is 1.98. The molecule has 0 fully saturated rings. The lowest BCUT2D eigenvalue weighted by atomic mass is 9.83. The van der Waals surface area contributed by atoms with E-state index in [-0.39, 0.29) is 31.0 Å². The largest absolute Gasteiger partial charge is 0.493 e. The summed E-state index contributed by atoms with van der Waals surface area (Å²) in [6, 6.07) is 11.4. The molecule has 0 radical (unpaired) electrons. The fourth-order valence-corrected chi connectivity index (χ4v) is 3.59. The second-order valence-electron chi connectivity index (χ2n) is 7.29. The first-order valence-electron chi connectivity index (χ1n) is 10.1. The molecular weight excluding hydrogens is 400 g/mol. The molecular formula is C24H32O7. The molecule has 0 aliphatic heterocycles. The highest BCUT2D eigenvalue weighted by molar-refractivity contribution is 5.65. The minimum atomic E-state index is -0.347. The number of hydrogen-bond donors (Lipinski definition) is 1. The zero-order valence-corrected chi connectivity index (χ0v) is 18.8. The van der Waals surface area contributed by atoms with Crippen LogP contribution in [-0.2, 0) is 22.4 Å². The Kier molecular flexibility index (Phi) is 9.46. The summed E-state index contributed by atoms with van der Waals surface area (Å²) in [7, 11) is 6.36. The van der Waals surface area contributed by atoms with Crippen LogP contribution in [0.5, 0.6) is 23.0 Å². The van der Waals surface area contributed by atoms with Gasteiger partial charge in [-0.2, -0.15) is 0 Å². The zero-order chi connectivity index (χ0) is 22.8. The highest BCUT2D eigenvalue weighted by atomic mass is 16.5. The SMILES string of the molecule is COc1ccc(C[C@@H](COC(C)=O)[C@@H](CO)Cc2ccc(OC)c(OC)c2)cc1OC. The van der Waals surface area contributed by atoms with Gasteiger partial charge in [-0.1, -0.05) is 12.1 Å². The Morgan fingerprint density at radius 3 is 1.61 bits per heavy atom. The maximum atomic E-state index is 11.5. The summed E-state index contributed by atoms with van der Waals surface area (Å²) >= 11 is 0. The summed E-state index contributed by atoms with van der Waals surface area (Å²) in [4.78, 5) is 11.5. The number of carbonyl (C=O) groups is 1. The van der Waals surface area contributed by atoms with Crippen molar-refractivity contribution in [1.82, 2.24) is 0 Å². The lowest BCUT2D eigenvalue weighted by Gasteiger charge is -2.26. The van der Waals surface area contributed by atoms with Crippen molar-refractivity contribution in [3.05, 3.63) is 47.5 Å². The molecule has 0 heterocycles. The van der Waals surface area contributed by atoms with E-state index in [0.29, 0.717) is 35.8 Å². The third-order valence-electron chi connectivity index (χ3n) is 5.29. The van der Waals surface area contributed by atoms with Crippen LogP contribution in [0.2, 0.25) is 0 Å². The molecule has 2 aromatic rings. The summed E-state index contributed by atoms with van der Waals surface area (Å²) in [6.07, 6.45) is 1.20. The molecule has 31 heavy (non-hydrogen) atoms. The van der Waals surface area contributed by atoms with E-state index >= 15 is 0 Å². The Morgan fingerprint density at radius 2 is 1.23 bits per heavy atom. The van der Waals surface area contributed by atoms with Crippen LogP contribution in [-0.4, -0.2) is 52.7 Å². The van der Waals surface area contributed by atoms with Gasteiger partial charge in [0.15, 0.2) is 23.0 Å². The predicted octanol–water partition coefficient (Wildman–Crippen LogP) is 3.29. The van der Waals surface area contributed by atoms with E-state index < -0.39 is 0 Å². The van der Waals surface area contributed by atoms with Gasteiger partial charge >= 0.3 is 5.97 Å². The van der Waals surface area contributed by atoms with E-state index in [1.54, 1.807) is 28.4 Å². The quantitative estimate of drug-likeness (QED) is 0.515. The monoisotopic (exact) mass is 432 g/mol. The number of hydrogen-bond acceptors (Lipinski definition) is 7. The van der Waals surface area contributed by atoms with Crippen LogP contribution in [0.1, 0.15) is 18.1 Å². The molecule has 0 aromatic heterocycles. The number of methoxy groups -OCH3 is 4. The van der Waals surface area contributed by atoms with E-state index in [9.17, 15) is 9.90 Å². The second-order valence-corrected chi connectivity index (χ2v) is 7.29. The van der Waals surface area contributed by atoms with Crippen molar-refractivity contribution in [1.29, 1.82) is 0 Å². The van der Waals surface area contributed by atoms with Crippen LogP contribution in [0.3, 0.4) is 0 Å². The Labute approximate surface area is 183 Å². The molecule has 1 N–H and O–H groups in total. The molecule has 0 amide bonds. The van der Waals surface area contributed by atoms with Crippen molar-refractivity contribution in [3.63, 3.8) is 0 Å². The normalized spacial score (nSPS) is 12.6. The fraction of sp³-hybridized carbons (Fsp3) is 0.458. The van der Waals surface area contributed by atoms with Crippen molar-refractivity contribution in [2.75, 3.05) is 41.7 Å². The second kappa shape index (κ2) is 12.1. The number of carbonyl (C=O) groups excluding carboxylic acids is 1. The number of rotatable bonds is 12. The van der Waals surface area contributed by atoms with Gasteiger partial charge in [0.25, 0.3) is 0 Å². The van der Waals surface area contributed by atoms with E-state index in [0.717, 1.165) is 11.1 Å². The van der Waals surface area contributed by atoms with Crippen molar-refractivity contribution < 1.29 is 33.6 Å². The van der Waals surface area contributed by atoms with Crippen LogP contribution < -0.4 is 18.9 Å². The molecule has 0 spiro atoms. The van der Waals surface area contributed by atoms with Crippen molar-refractivity contribution >= 4 is 5.97 Å². The van der Waals surface area contributed by atoms with Crippen LogP contribution in [0.25, 0.3) is 0 Å². The first-order valence-corrected chi connectivity index (χ1v) is 10.1. The van der Waals surface area contributed by atoms with Gasteiger partial charge in [-0.05, 0) is 54.2 Å². The van der Waals surface area contributed by atoms with Gasteiger partial charge in [-0.25, -0.2) is 0 Å². The van der Waals surface area contributed by atoms with Gasteiger partial charge < -0.3 is 28.8 Å². The summed E-state index contributed by atoms with van der Waals surface area (Å²) in [5, 5.41) is 10.2. The first-order chi connectivity index (χ1) is 14.9. The average molecular weight is 433 g/mol. The maximum Gasteiger partial charge on any atom is 0.302 e. The molecule has 0 saturated heterocycles. The van der Waals surface area contributed by atoms with E-state index in [4.69, 9.17) is 23.7 Å². The van der Waals surface area contributed by atoms with Gasteiger partial charge in [0.2, 0.25) is 0 Å². The molecule has 170 valence electrons. The van der Waals surface area contributed by atoms with Crippen LogP contribution in [0.15, 0.2) is 36.4 Å². The van der Waals surface area contributed by atoms with Gasteiger partial charge in [-0.3, -0.25) is 4.79 Å². The molecule has 0 saturated carbocycles. The standard InChI is InChI=1S/C24H32O7/c1-16(26)31-15-20(11-18-7-9-22(28-3)24(13-18)30-5)19(14-25)10-17-6-8-21(27-2)23(12-17)29-4/h6-9,12-13,19-20,25H,10-11,14-15H2,1-5H3/t19-,20+/m1/s1. The Bertz CT molecular complexity index is 850. The molecule has 2 rings (SSSR count). The van der Waals surface area contributed by atoms with Crippen molar-refractivity contribution in [3.8, 4) is 23.0 Å². The smallest absolute Gasteiger partial charge is 0.302 e. The maximum absolute atomic E-state index is 11.5. The van der Waals surface area contributed by atoms with Gasteiger partial charge in [-0.15, -0.1) is 0 Å². The van der Waals surface area contributed by atoms with Gasteiger partial charge in [0, 0.05) is 19.4 Å². The molecule has 0 unspecified atom stereocenters. The van der Waals surface area contributed by atoms with Crippen LogP contribution in [0, 0.1) is 11.8 Å². The Balaban J connectivity index is 2.26. The third kappa shape index (κ3) is 6.79. The third-order valence-corrected chi connectivity index (χ3v) is 5.29. The lowest BCUT2D eigenvalue weighted by molar-refractivity contribution is -0.143. The van der Waals surface area contributed by atoms with E-state index in [2.05, 4.69) is 0 Å². The highest BCUT2D eigenvalue weighted by Gasteiger charge is 2.24. The molecule has 7 nitrogen and oxygen atoms in total. The molecule has 2 atom stereocenters. The number of esters is 1. The van der Waals surface area contributed by atoms with E-state index in [1.165, 1.54) is 6.92 Å². The molecule has 2 aromatic carbocycles. The summed E-state index contributed by atoms with van der Waals surface area (Å²) in [6.45, 7) is 1.55. The number of ether oxygens (including phenoxy) is 5. The highest BCUT2D eigenvalue weighted by Crippen LogP contribution is 2.32. The predicted molar refractivity (Wildman–Crippen MR) is 117 cm³/mol. The summed E-state index contributed by atoms with van der Waals surface area (Å²) < 4.78 is 26.7. The number of benzene rings is 2. The topological polar surface area (TPSA) is 83.5 Å². The minimum absolute atomic E-state index is 0.0480. The Hall–Kier alpha value is -2.93. The fourth-order valence-electron chi connectivity index (χ4n) is 3.59. The minimum Gasteiger partial charge on any atom is -0.493 e. The average Bonchev–Trinajstić information content (AvgIpc) is 2.79. The summed E-state index contributed by atoms with van der Waals surface area (Å²) in [5.41, 5.74) is 2.00. The number of aliphatic hydroxyl groups is 1. The lowest BCUT2D eigenvalue weighted by Crippen LogP contribution is -2.28. The number of aliphatic hydroxyl groups excluding tert-OH is 1. The van der Waals surface area contributed by atoms with E-state index in [1.807, 2.05) is 36.4 Å². The first kappa shape index (κ1) is 24.3. The molecule has 0 aliphatic rings. The van der Waals surface area contributed by atoms with Crippen LogP contribution in [0.4, 0.5) is 0 Å². The van der Waals surface area contributed by atoms with Gasteiger partial charge in [0.05, 0.1) is 35.0 Å². The molecule has 7 heteroatoms. The van der Waals surface area contributed by atoms with Gasteiger partial charge in [0.1, 0.15) is 0 Å². The Morgan fingerprint density at radius 1 is 0.774 bits per heavy atom. The molecule has 0 bridgehead atoms. The molecule has 0 aliphatic carbocycles. The van der Waals surface area contributed by atoms with Crippen LogP contribution >= 0.6 is 0 Å².